The van der Waals surface area contributed by atoms with Gasteiger partial charge in [0.2, 0.25) is 5.91 Å². The molecule has 1 aromatic heterocycles. The van der Waals surface area contributed by atoms with Gasteiger partial charge in [-0.25, -0.2) is 5.01 Å². The standard InChI is InChI=1S/C21H24N4O/c26-21(15-19-14-18-8-4-5-9-20(18)22-19)23-25-12-10-24(11-13-25)16-17-6-2-1-3-7-17/h1-9,14,22H,10-13,15-16H2,(H,23,26). The average molecular weight is 348 g/mol. The number of carbonyl (C=O) groups is 1. The maximum Gasteiger partial charge on any atom is 0.240 e. The van der Waals surface area contributed by atoms with Crippen molar-refractivity contribution in [2.75, 3.05) is 26.2 Å². The molecule has 1 aliphatic heterocycles. The second-order valence-corrected chi connectivity index (χ2v) is 6.84. The fourth-order valence-corrected chi connectivity index (χ4v) is 3.48. The predicted molar refractivity (Wildman–Crippen MR) is 103 cm³/mol. The summed E-state index contributed by atoms with van der Waals surface area (Å²) >= 11 is 0. The molecule has 26 heavy (non-hydrogen) atoms. The molecule has 0 bridgehead atoms. The van der Waals surface area contributed by atoms with E-state index in [2.05, 4.69) is 45.6 Å². The molecule has 2 heterocycles. The number of nitrogens with one attached hydrogen (secondary N) is 2. The van der Waals surface area contributed by atoms with Crippen molar-refractivity contribution in [3.05, 3.63) is 71.9 Å². The van der Waals surface area contributed by atoms with Crippen LogP contribution in [0.4, 0.5) is 0 Å². The molecule has 3 aromatic rings. The zero-order valence-electron chi connectivity index (χ0n) is 14.8. The lowest BCUT2D eigenvalue weighted by Gasteiger charge is -2.34. The molecule has 0 atom stereocenters. The van der Waals surface area contributed by atoms with Crippen LogP contribution in [0.2, 0.25) is 0 Å². The van der Waals surface area contributed by atoms with Crippen LogP contribution in [0.5, 0.6) is 0 Å². The first-order valence-corrected chi connectivity index (χ1v) is 9.13. The van der Waals surface area contributed by atoms with Gasteiger partial charge in [-0.2, -0.15) is 0 Å². The van der Waals surface area contributed by atoms with Crippen molar-refractivity contribution in [3.8, 4) is 0 Å². The molecule has 0 spiro atoms. The predicted octanol–water partition coefficient (Wildman–Crippen LogP) is 2.56. The number of para-hydroxylation sites is 1. The monoisotopic (exact) mass is 348 g/mol. The van der Waals surface area contributed by atoms with E-state index in [0.29, 0.717) is 6.42 Å². The molecule has 1 fully saturated rings. The number of hydrogen-bond acceptors (Lipinski definition) is 3. The van der Waals surface area contributed by atoms with E-state index in [1.54, 1.807) is 0 Å². The number of hydrazine groups is 1. The Balaban J connectivity index is 1.25. The van der Waals surface area contributed by atoms with Crippen LogP contribution in [0.1, 0.15) is 11.3 Å². The zero-order chi connectivity index (χ0) is 17.8. The number of amides is 1. The van der Waals surface area contributed by atoms with E-state index in [9.17, 15) is 4.79 Å². The normalized spacial score (nSPS) is 16.0. The van der Waals surface area contributed by atoms with Gasteiger partial charge in [0.1, 0.15) is 0 Å². The number of benzene rings is 2. The van der Waals surface area contributed by atoms with Crippen LogP contribution in [0.15, 0.2) is 60.7 Å². The molecular formula is C21H24N4O. The second-order valence-electron chi connectivity index (χ2n) is 6.84. The number of piperazine rings is 1. The fourth-order valence-electron chi connectivity index (χ4n) is 3.48. The minimum absolute atomic E-state index is 0.0352. The van der Waals surface area contributed by atoms with E-state index in [1.165, 1.54) is 5.56 Å². The smallest absolute Gasteiger partial charge is 0.240 e. The Kier molecular flexibility index (Phi) is 5.00. The third-order valence-corrected chi connectivity index (χ3v) is 4.84. The van der Waals surface area contributed by atoms with Crippen LogP contribution in [-0.2, 0) is 17.8 Å². The van der Waals surface area contributed by atoms with Crippen molar-refractivity contribution in [1.82, 2.24) is 20.3 Å². The van der Waals surface area contributed by atoms with Gasteiger partial charge in [0.25, 0.3) is 0 Å². The highest BCUT2D eigenvalue weighted by Crippen LogP contribution is 2.15. The summed E-state index contributed by atoms with van der Waals surface area (Å²) in [6.07, 6.45) is 0.374. The van der Waals surface area contributed by atoms with Gasteiger partial charge in [-0.3, -0.25) is 15.1 Å². The van der Waals surface area contributed by atoms with Crippen LogP contribution >= 0.6 is 0 Å². The average Bonchev–Trinajstić information content (AvgIpc) is 3.06. The largest absolute Gasteiger partial charge is 0.358 e. The quantitative estimate of drug-likeness (QED) is 0.745. The Morgan fingerprint density at radius 1 is 0.962 bits per heavy atom. The second kappa shape index (κ2) is 7.72. The van der Waals surface area contributed by atoms with Crippen LogP contribution in [0.25, 0.3) is 10.9 Å². The van der Waals surface area contributed by atoms with Gasteiger partial charge in [0.05, 0.1) is 6.42 Å². The maximum absolute atomic E-state index is 12.3. The highest BCUT2D eigenvalue weighted by Gasteiger charge is 2.18. The van der Waals surface area contributed by atoms with Crippen molar-refractivity contribution in [1.29, 1.82) is 0 Å². The molecular weight excluding hydrogens is 324 g/mol. The first-order valence-electron chi connectivity index (χ1n) is 9.13. The summed E-state index contributed by atoms with van der Waals surface area (Å²) in [6.45, 7) is 4.59. The van der Waals surface area contributed by atoms with Crippen LogP contribution < -0.4 is 5.43 Å². The molecule has 5 heteroatoms. The van der Waals surface area contributed by atoms with Gasteiger partial charge < -0.3 is 4.98 Å². The van der Waals surface area contributed by atoms with Gasteiger partial charge in [-0.1, -0.05) is 48.5 Å². The summed E-state index contributed by atoms with van der Waals surface area (Å²) in [5, 5.41) is 3.18. The van der Waals surface area contributed by atoms with Gasteiger partial charge in [-0.15, -0.1) is 0 Å². The molecule has 2 aromatic carbocycles. The third kappa shape index (κ3) is 4.12. The number of rotatable bonds is 5. The minimum atomic E-state index is 0.0352. The van der Waals surface area contributed by atoms with Crippen molar-refractivity contribution < 1.29 is 4.79 Å². The highest BCUT2D eigenvalue weighted by molar-refractivity contribution is 5.83. The number of H-pyrrole nitrogens is 1. The van der Waals surface area contributed by atoms with Gasteiger partial charge in [0.15, 0.2) is 0 Å². The summed E-state index contributed by atoms with van der Waals surface area (Å²) < 4.78 is 0. The van der Waals surface area contributed by atoms with E-state index >= 15 is 0 Å². The highest BCUT2D eigenvalue weighted by atomic mass is 16.2. The van der Waals surface area contributed by atoms with Crippen molar-refractivity contribution in [2.24, 2.45) is 0 Å². The van der Waals surface area contributed by atoms with Crippen LogP contribution in [0.3, 0.4) is 0 Å². The molecule has 1 saturated heterocycles. The lowest BCUT2D eigenvalue weighted by molar-refractivity contribution is -0.126. The Morgan fingerprint density at radius 2 is 1.69 bits per heavy atom. The van der Waals surface area contributed by atoms with E-state index < -0.39 is 0 Å². The number of aromatic nitrogens is 1. The third-order valence-electron chi connectivity index (χ3n) is 4.84. The van der Waals surface area contributed by atoms with Crippen molar-refractivity contribution >= 4 is 16.8 Å². The van der Waals surface area contributed by atoms with Crippen molar-refractivity contribution in [2.45, 2.75) is 13.0 Å². The van der Waals surface area contributed by atoms with Gasteiger partial charge >= 0.3 is 0 Å². The molecule has 0 radical (unpaired) electrons. The Bertz CT molecular complexity index is 833. The van der Waals surface area contributed by atoms with E-state index in [0.717, 1.165) is 49.3 Å². The minimum Gasteiger partial charge on any atom is -0.358 e. The summed E-state index contributed by atoms with van der Waals surface area (Å²) in [5.74, 6) is 0.0352. The first-order chi connectivity index (χ1) is 12.8. The Hall–Kier alpha value is -2.63. The zero-order valence-corrected chi connectivity index (χ0v) is 14.8. The molecule has 5 nitrogen and oxygen atoms in total. The molecule has 134 valence electrons. The van der Waals surface area contributed by atoms with Crippen molar-refractivity contribution in [3.63, 3.8) is 0 Å². The fraction of sp³-hybridized carbons (Fsp3) is 0.286. The summed E-state index contributed by atoms with van der Waals surface area (Å²) in [7, 11) is 0. The molecule has 1 aliphatic rings. The molecule has 0 saturated carbocycles. The van der Waals surface area contributed by atoms with Gasteiger partial charge in [-0.05, 0) is 23.1 Å². The SMILES string of the molecule is O=C(Cc1cc2ccccc2[nH]1)NN1CCN(Cc2ccccc2)CC1. The maximum atomic E-state index is 12.3. The number of carbonyl (C=O) groups excluding carboxylic acids is 1. The van der Waals surface area contributed by atoms with Crippen LogP contribution in [0, 0.1) is 0 Å². The van der Waals surface area contributed by atoms with E-state index in [1.807, 2.05) is 35.3 Å². The lowest BCUT2D eigenvalue weighted by Crippen LogP contribution is -2.53. The van der Waals surface area contributed by atoms with E-state index in [4.69, 9.17) is 0 Å². The van der Waals surface area contributed by atoms with Crippen LogP contribution in [-0.4, -0.2) is 47.0 Å². The molecule has 2 N–H and O–H groups in total. The number of nitrogens with zero attached hydrogens (tertiary/aromatic N) is 2. The molecule has 0 aliphatic carbocycles. The molecule has 4 rings (SSSR count). The summed E-state index contributed by atoms with van der Waals surface area (Å²) in [6, 6.07) is 20.7. The Morgan fingerprint density at radius 3 is 2.46 bits per heavy atom. The topological polar surface area (TPSA) is 51.4 Å². The first kappa shape index (κ1) is 16.8. The summed E-state index contributed by atoms with van der Waals surface area (Å²) in [4.78, 5) is 18.1. The molecule has 0 unspecified atom stereocenters. The number of hydrogen-bond donors (Lipinski definition) is 2. The molecule has 1 amide bonds. The lowest BCUT2D eigenvalue weighted by atomic mass is 10.2. The van der Waals surface area contributed by atoms with Gasteiger partial charge in [0, 0.05) is 43.9 Å². The number of aromatic amines is 1. The summed E-state index contributed by atoms with van der Waals surface area (Å²) in [5.41, 5.74) is 6.40. The van der Waals surface area contributed by atoms with E-state index in [-0.39, 0.29) is 5.91 Å². The Labute approximate surface area is 153 Å². The number of fused-ring (bicyclic) bond motifs is 1.